The van der Waals surface area contributed by atoms with E-state index >= 15 is 0 Å². The van der Waals surface area contributed by atoms with E-state index in [2.05, 4.69) is 38.4 Å². The predicted molar refractivity (Wildman–Crippen MR) is 143 cm³/mol. The Balaban J connectivity index is 1.21. The van der Waals surface area contributed by atoms with Crippen molar-refractivity contribution in [3.05, 3.63) is 12.3 Å². The molecule has 1 unspecified atom stereocenters. The molecule has 8 heteroatoms. The van der Waals surface area contributed by atoms with E-state index in [0.717, 1.165) is 83.3 Å². The summed E-state index contributed by atoms with van der Waals surface area (Å²) in [5, 5.41) is 6.76. The van der Waals surface area contributed by atoms with Gasteiger partial charge in [0.05, 0.1) is 0 Å². The van der Waals surface area contributed by atoms with Gasteiger partial charge in [-0.1, -0.05) is 39.0 Å². The summed E-state index contributed by atoms with van der Waals surface area (Å²) in [5.74, 6) is 1.83. The van der Waals surface area contributed by atoms with Crippen LogP contribution in [0.2, 0.25) is 0 Å². The first-order chi connectivity index (χ1) is 17.2. The summed E-state index contributed by atoms with van der Waals surface area (Å²) in [6.45, 7) is 9.13. The zero-order valence-corrected chi connectivity index (χ0v) is 21.9. The lowest BCUT2D eigenvalue weighted by atomic mass is 9.98. The summed E-state index contributed by atoms with van der Waals surface area (Å²) >= 11 is 0. The molecule has 196 valence electrons. The maximum absolute atomic E-state index is 12.5. The second-order valence-electron chi connectivity index (χ2n) is 10.6. The number of carbonyl (C=O) groups is 1. The molecule has 2 amide bonds. The van der Waals surface area contributed by atoms with E-state index in [-0.39, 0.29) is 6.03 Å². The number of nitrogens with zero attached hydrogens (tertiary/aromatic N) is 5. The van der Waals surface area contributed by atoms with Gasteiger partial charge in [-0.25, -0.2) is 9.78 Å². The van der Waals surface area contributed by atoms with Crippen LogP contribution in [0.5, 0.6) is 0 Å². The second-order valence-corrected chi connectivity index (χ2v) is 10.6. The van der Waals surface area contributed by atoms with Crippen LogP contribution in [0.3, 0.4) is 0 Å². The number of anilines is 2. The van der Waals surface area contributed by atoms with Crippen molar-refractivity contribution in [3.8, 4) is 0 Å². The lowest BCUT2D eigenvalue weighted by Gasteiger charge is -2.42. The van der Waals surface area contributed by atoms with Gasteiger partial charge in [-0.2, -0.15) is 4.98 Å². The highest BCUT2D eigenvalue weighted by atomic mass is 16.2. The molecule has 3 aliphatic rings. The number of hydrogen-bond acceptors (Lipinski definition) is 6. The highest BCUT2D eigenvalue weighted by Gasteiger charge is 2.30. The van der Waals surface area contributed by atoms with E-state index in [4.69, 9.17) is 4.98 Å². The zero-order valence-electron chi connectivity index (χ0n) is 21.9. The van der Waals surface area contributed by atoms with Crippen molar-refractivity contribution in [1.82, 2.24) is 25.1 Å². The molecule has 2 N–H and O–H groups in total. The molecule has 0 aliphatic carbocycles. The molecule has 1 atom stereocenters. The molecule has 8 nitrogen and oxygen atoms in total. The van der Waals surface area contributed by atoms with Crippen LogP contribution in [-0.4, -0.2) is 83.7 Å². The molecule has 0 aromatic carbocycles. The van der Waals surface area contributed by atoms with Crippen molar-refractivity contribution in [3.63, 3.8) is 0 Å². The van der Waals surface area contributed by atoms with Gasteiger partial charge in [-0.3, -0.25) is 4.90 Å². The van der Waals surface area contributed by atoms with Gasteiger partial charge >= 0.3 is 6.03 Å². The number of carbonyl (C=O) groups excluding carboxylic acids is 1. The molecular formula is C27H47N7O. The minimum Gasteiger partial charge on any atom is -0.356 e. The zero-order chi connectivity index (χ0) is 24.3. The summed E-state index contributed by atoms with van der Waals surface area (Å²) < 4.78 is 0. The molecule has 0 bridgehead atoms. The average Bonchev–Trinajstić information content (AvgIpc) is 3.19. The normalized spacial score (nSPS) is 22.6. The third-order valence-corrected chi connectivity index (χ3v) is 7.93. The summed E-state index contributed by atoms with van der Waals surface area (Å²) in [7, 11) is 0. The Bertz CT molecular complexity index is 760. The Morgan fingerprint density at radius 3 is 2.54 bits per heavy atom. The van der Waals surface area contributed by atoms with Crippen molar-refractivity contribution in [2.45, 2.75) is 96.1 Å². The van der Waals surface area contributed by atoms with Crippen LogP contribution >= 0.6 is 0 Å². The molecule has 0 radical (unpaired) electrons. The van der Waals surface area contributed by atoms with Crippen LogP contribution in [0.1, 0.15) is 84.0 Å². The summed E-state index contributed by atoms with van der Waals surface area (Å²) in [6.07, 6.45) is 16.3. The molecular weight excluding hydrogens is 438 g/mol. The van der Waals surface area contributed by atoms with Crippen LogP contribution in [0, 0.1) is 0 Å². The fourth-order valence-electron chi connectivity index (χ4n) is 5.83. The molecule has 3 saturated heterocycles. The Hall–Kier alpha value is -2.09. The molecule has 4 rings (SSSR count). The first kappa shape index (κ1) is 26.0. The Labute approximate surface area is 212 Å². The maximum Gasteiger partial charge on any atom is 0.317 e. The van der Waals surface area contributed by atoms with E-state index < -0.39 is 0 Å². The van der Waals surface area contributed by atoms with Crippen molar-refractivity contribution >= 4 is 17.8 Å². The first-order valence-electron chi connectivity index (χ1n) is 14.3. The Morgan fingerprint density at radius 1 is 0.971 bits per heavy atom. The number of nitrogens with one attached hydrogen (secondary N) is 2. The van der Waals surface area contributed by atoms with Crippen molar-refractivity contribution in [1.29, 1.82) is 0 Å². The van der Waals surface area contributed by atoms with Crippen LogP contribution < -0.4 is 15.5 Å². The predicted octanol–water partition coefficient (Wildman–Crippen LogP) is 4.49. The highest BCUT2D eigenvalue weighted by Crippen LogP contribution is 2.23. The minimum absolute atomic E-state index is 0.125. The third kappa shape index (κ3) is 7.95. The molecule has 1 aromatic heterocycles. The smallest absolute Gasteiger partial charge is 0.317 e. The number of piperidine rings is 2. The largest absolute Gasteiger partial charge is 0.356 e. The number of urea groups is 1. The molecule has 3 fully saturated rings. The molecule has 0 saturated carbocycles. The lowest BCUT2D eigenvalue weighted by molar-refractivity contribution is 0.0968. The minimum atomic E-state index is 0.125. The van der Waals surface area contributed by atoms with Gasteiger partial charge in [-0.15, -0.1) is 0 Å². The topological polar surface area (TPSA) is 76.6 Å². The van der Waals surface area contributed by atoms with Gasteiger partial charge in [0.2, 0.25) is 5.95 Å². The van der Waals surface area contributed by atoms with Crippen LogP contribution in [0.15, 0.2) is 12.3 Å². The van der Waals surface area contributed by atoms with Crippen LogP contribution in [-0.2, 0) is 0 Å². The van der Waals surface area contributed by atoms with Crippen molar-refractivity contribution in [2.24, 2.45) is 0 Å². The maximum atomic E-state index is 12.5. The van der Waals surface area contributed by atoms with Gasteiger partial charge in [0.15, 0.2) is 0 Å². The quantitative estimate of drug-likeness (QED) is 0.502. The third-order valence-electron chi connectivity index (χ3n) is 7.93. The lowest BCUT2D eigenvalue weighted by Crippen LogP contribution is -2.53. The van der Waals surface area contributed by atoms with E-state index in [9.17, 15) is 4.79 Å². The summed E-state index contributed by atoms with van der Waals surface area (Å²) in [4.78, 5) is 29.0. The van der Waals surface area contributed by atoms with Gasteiger partial charge in [0, 0.05) is 57.5 Å². The second kappa shape index (κ2) is 13.9. The summed E-state index contributed by atoms with van der Waals surface area (Å²) in [5.41, 5.74) is 0. The van der Waals surface area contributed by atoms with Crippen LogP contribution in [0.25, 0.3) is 0 Å². The average molecular weight is 486 g/mol. The van der Waals surface area contributed by atoms with Crippen molar-refractivity contribution in [2.75, 3.05) is 56.0 Å². The molecule has 4 heterocycles. The SMILES string of the molecule is CCCCCCNC(=O)N1CCC(N2CCCC(Nc3nccc(N4CCCCCC4)n3)C2)CC1. The van der Waals surface area contributed by atoms with E-state index in [1.165, 1.54) is 51.4 Å². The molecule has 0 spiro atoms. The molecule has 35 heavy (non-hydrogen) atoms. The number of amides is 2. The Morgan fingerprint density at radius 2 is 1.77 bits per heavy atom. The number of unbranched alkanes of at least 4 members (excludes halogenated alkanes) is 3. The monoisotopic (exact) mass is 485 g/mol. The van der Waals surface area contributed by atoms with Gasteiger partial charge in [0.25, 0.3) is 0 Å². The number of hydrogen-bond donors (Lipinski definition) is 2. The van der Waals surface area contributed by atoms with Gasteiger partial charge in [-0.05, 0) is 57.6 Å². The van der Waals surface area contributed by atoms with Gasteiger partial charge in [0.1, 0.15) is 5.82 Å². The van der Waals surface area contributed by atoms with Crippen molar-refractivity contribution < 1.29 is 4.79 Å². The van der Waals surface area contributed by atoms with E-state index in [1.807, 2.05) is 11.1 Å². The number of rotatable bonds is 9. The fourth-order valence-corrected chi connectivity index (χ4v) is 5.83. The standard InChI is InChI=1S/C27H47N7O/c1-2-3-4-7-15-29-27(35)33-20-13-24(14-21-33)34-19-10-11-23(22-34)30-26-28-16-12-25(31-26)32-17-8-5-6-9-18-32/h12,16,23-24H,2-11,13-15,17-22H2,1H3,(H,29,35)(H,28,30,31). The first-order valence-corrected chi connectivity index (χ1v) is 14.3. The number of aromatic nitrogens is 2. The summed E-state index contributed by atoms with van der Waals surface area (Å²) in [6, 6.07) is 3.13. The Kier molecular flexibility index (Phi) is 10.3. The van der Waals surface area contributed by atoms with Gasteiger partial charge < -0.3 is 20.4 Å². The van der Waals surface area contributed by atoms with E-state index in [0.29, 0.717) is 12.1 Å². The highest BCUT2D eigenvalue weighted by molar-refractivity contribution is 5.74. The van der Waals surface area contributed by atoms with Crippen LogP contribution in [0.4, 0.5) is 16.6 Å². The van der Waals surface area contributed by atoms with E-state index in [1.54, 1.807) is 0 Å². The molecule has 3 aliphatic heterocycles. The number of likely N-dealkylation sites (tertiary alicyclic amines) is 2. The molecule has 1 aromatic rings. The fraction of sp³-hybridized carbons (Fsp3) is 0.815.